The van der Waals surface area contributed by atoms with Crippen molar-refractivity contribution in [3.8, 4) is 0 Å². The number of aryl methyl sites for hydroxylation is 1. The maximum atomic E-state index is 10.4. The zero-order valence-corrected chi connectivity index (χ0v) is 9.35. The molecule has 2 rings (SSSR count). The normalized spacial score (nSPS) is 19.9. The van der Waals surface area contributed by atoms with Gasteiger partial charge in [-0.3, -0.25) is 0 Å². The van der Waals surface area contributed by atoms with E-state index in [0.29, 0.717) is 0 Å². The first-order chi connectivity index (χ1) is 6.62. The molecule has 0 bridgehead atoms. The van der Waals surface area contributed by atoms with E-state index < -0.39 is 5.60 Å². The molecule has 1 nitrogen and oxygen atoms in total. The van der Waals surface area contributed by atoms with Crippen molar-refractivity contribution in [3.05, 3.63) is 29.3 Å². The minimum absolute atomic E-state index is 0.564. The van der Waals surface area contributed by atoms with Gasteiger partial charge < -0.3 is 5.11 Å². The molecule has 14 heavy (non-hydrogen) atoms. The summed E-state index contributed by atoms with van der Waals surface area (Å²) in [5.41, 5.74) is 1.68. The number of hydrogen-bond donors (Lipinski definition) is 2. The van der Waals surface area contributed by atoms with Crippen LogP contribution in [-0.4, -0.2) is 5.11 Å². The van der Waals surface area contributed by atoms with Crippen LogP contribution >= 0.6 is 12.6 Å². The van der Waals surface area contributed by atoms with E-state index in [9.17, 15) is 5.11 Å². The van der Waals surface area contributed by atoms with E-state index in [1.165, 1.54) is 0 Å². The van der Waals surface area contributed by atoms with Crippen LogP contribution in [0.25, 0.3) is 0 Å². The molecule has 0 atom stereocenters. The predicted octanol–water partition coefficient (Wildman–Crippen LogP) is 3.05. The lowest BCUT2D eigenvalue weighted by Gasteiger charge is -2.24. The van der Waals surface area contributed by atoms with E-state index in [0.717, 1.165) is 41.7 Å². The van der Waals surface area contributed by atoms with Crippen molar-refractivity contribution in [1.82, 2.24) is 0 Å². The molecule has 0 unspecified atom stereocenters. The van der Waals surface area contributed by atoms with Gasteiger partial charge in [0.15, 0.2) is 0 Å². The Kier molecular flexibility index (Phi) is 2.58. The minimum Gasteiger partial charge on any atom is -0.385 e. The first-order valence-corrected chi connectivity index (χ1v) is 5.59. The van der Waals surface area contributed by atoms with E-state index in [1.54, 1.807) is 0 Å². The van der Waals surface area contributed by atoms with Crippen LogP contribution in [0.15, 0.2) is 23.1 Å². The summed E-state index contributed by atoms with van der Waals surface area (Å²) < 4.78 is 0. The number of benzene rings is 1. The fourth-order valence-corrected chi connectivity index (χ4v) is 2.67. The first kappa shape index (κ1) is 10.1. The van der Waals surface area contributed by atoms with E-state index in [2.05, 4.69) is 12.6 Å². The van der Waals surface area contributed by atoms with Crippen LogP contribution in [0.5, 0.6) is 0 Å². The van der Waals surface area contributed by atoms with Crippen molar-refractivity contribution in [3.63, 3.8) is 0 Å². The third-order valence-corrected chi connectivity index (χ3v) is 3.42. The monoisotopic (exact) mass is 208 g/mol. The zero-order valence-electron chi connectivity index (χ0n) is 8.45. The van der Waals surface area contributed by atoms with Crippen LogP contribution in [0, 0.1) is 6.92 Å². The highest BCUT2D eigenvalue weighted by molar-refractivity contribution is 7.80. The third kappa shape index (κ3) is 1.69. The average molecular weight is 208 g/mol. The highest BCUT2D eigenvalue weighted by atomic mass is 32.1. The van der Waals surface area contributed by atoms with Gasteiger partial charge in [0.1, 0.15) is 0 Å². The zero-order chi connectivity index (χ0) is 10.2. The summed E-state index contributed by atoms with van der Waals surface area (Å²) in [5.74, 6) is 0. The van der Waals surface area contributed by atoms with Crippen LogP contribution in [0.3, 0.4) is 0 Å². The molecule has 1 aromatic rings. The Morgan fingerprint density at radius 2 is 1.93 bits per heavy atom. The molecule has 0 saturated heterocycles. The van der Waals surface area contributed by atoms with Crippen LogP contribution in [0.1, 0.15) is 36.8 Å². The molecular weight excluding hydrogens is 192 g/mol. The molecular formula is C12H16OS. The van der Waals surface area contributed by atoms with Gasteiger partial charge in [-0.1, -0.05) is 18.9 Å². The van der Waals surface area contributed by atoms with Crippen molar-refractivity contribution in [2.75, 3.05) is 0 Å². The number of rotatable bonds is 1. The lowest BCUT2D eigenvalue weighted by molar-refractivity contribution is 0.0438. The van der Waals surface area contributed by atoms with Gasteiger partial charge in [0.05, 0.1) is 5.60 Å². The second kappa shape index (κ2) is 3.59. The van der Waals surface area contributed by atoms with Gasteiger partial charge in [-0.15, -0.1) is 12.6 Å². The summed E-state index contributed by atoms with van der Waals surface area (Å²) in [5, 5.41) is 10.4. The average Bonchev–Trinajstić information content (AvgIpc) is 2.52. The smallest absolute Gasteiger partial charge is 0.0899 e. The Bertz CT molecular complexity index is 340. The molecule has 0 spiro atoms. The summed E-state index contributed by atoms with van der Waals surface area (Å²) in [7, 11) is 0. The summed E-state index contributed by atoms with van der Waals surface area (Å²) >= 11 is 4.29. The van der Waals surface area contributed by atoms with Crippen molar-refractivity contribution in [1.29, 1.82) is 0 Å². The van der Waals surface area contributed by atoms with Gasteiger partial charge in [0.25, 0.3) is 0 Å². The molecule has 0 aliphatic heterocycles. The van der Waals surface area contributed by atoms with Crippen molar-refractivity contribution < 1.29 is 5.11 Å². The summed E-state index contributed by atoms with van der Waals surface area (Å²) in [6.07, 6.45) is 4.08. The van der Waals surface area contributed by atoms with E-state index >= 15 is 0 Å². The third-order valence-electron chi connectivity index (χ3n) is 3.14. The van der Waals surface area contributed by atoms with Gasteiger partial charge in [0.2, 0.25) is 0 Å². The van der Waals surface area contributed by atoms with Crippen LogP contribution in [0.4, 0.5) is 0 Å². The van der Waals surface area contributed by atoms with Gasteiger partial charge in [-0.25, -0.2) is 0 Å². The van der Waals surface area contributed by atoms with E-state index in [4.69, 9.17) is 0 Å². The molecule has 1 N–H and O–H groups in total. The number of hydrogen-bond acceptors (Lipinski definition) is 2. The topological polar surface area (TPSA) is 20.2 Å². The van der Waals surface area contributed by atoms with E-state index in [1.807, 2.05) is 25.1 Å². The minimum atomic E-state index is -0.564. The maximum Gasteiger partial charge on any atom is 0.0899 e. The van der Waals surface area contributed by atoms with Gasteiger partial charge in [-0.2, -0.15) is 0 Å². The molecule has 1 aliphatic rings. The van der Waals surface area contributed by atoms with E-state index in [-0.39, 0.29) is 0 Å². The second-order valence-electron chi connectivity index (χ2n) is 4.24. The summed E-state index contributed by atoms with van der Waals surface area (Å²) in [4.78, 5) is 0.966. The van der Waals surface area contributed by atoms with Crippen LogP contribution in [0.2, 0.25) is 0 Å². The molecule has 2 heteroatoms. The van der Waals surface area contributed by atoms with Crippen molar-refractivity contribution in [2.45, 2.75) is 43.1 Å². The molecule has 1 fully saturated rings. The quantitative estimate of drug-likeness (QED) is 0.680. The molecule has 0 amide bonds. The number of aliphatic hydroxyl groups is 1. The Morgan fingerprint density at radius 1 is 1.29 bits per heavy atom. The van der Waals surface area contributed by atoms with Crippen LogP contribution < -0.4 is 0 Å². The molecule has 0 heterocycles. The fourth-order valence-electron chi connectivity index (χ4n) is 2.40. The predicted molar refractivity (Wildman–Crippen MR) is 60.8 cm³/mol. The second-order valence-corrected chi connectivity index (χ2v) is 4.75. The van der Waals surface area contributed by atoms with Gasteiger partial charge >= 0.3 is 0 Å². The lowest BCUT2D eigenvalue weighted by Crippen LogP contribution is -2.22. The maximum absolute atomic E-state index is 10.4. The van der Waals surface area contributed by atoms with Gasteiger partial charge in [-0.05, 0) is 43.0 Å². The van der Waals surface area contributed by atoms with Crippen molar-refractivity contribution >= 4 is 12.6 Å². The SMILES string of the molecule is Cc1cc(S)ccc1C1(O)CCCC1. The molecule has 0 radical (unpaired) electrons. The number of thiol groups is 1. The molecule has 0 aromatic heterocycles. The van der Waals surface area contributed by atoms with Crippen molar-refractivity contribution in [2.24, 2.45) is 0 Å². The molecule has 1 aromatic carbocycles. The standard InChI is InChI=1S/C12H16OS/c1-9-8-10(14)4-5-11(9)12(13)6-2-3-7-12/h4-5,8,13-14H,2-3,6-7H2,1H3. The Labute approximate surface area is 90.6 Å². The Balaban J connectivity index is 2.40. The molecule has 1 saturated carbocycles. The summed E-state index contributed by atoms with van der Waals surface area (Å²) in [6.45, 7) is 2.05. The van der Waals surface area contributed by atoms with Gasteiger partial charge in [0, 0.05) is 4.90 Å². The van der Waals surface area contributed by atoms with Crippen LogP contribution in [-0.2, 0) is 5.60 Å². The Morgan fingerprint density at radius 3 is 2.50 bits per heavy atom. The highest BCUT2D eigenvalue weighted by Crippen LogP contribution is 2.40. The molecule has 1 aliphatic carbocycles. The summed E-state index contributed by atoms with van der Waals surface area (Å²) in [6, 6.07) is 6.00. The molecule has 76 valence electrons. The highest BCUT2D eigenvalue weighted by Gasteiger charge is 2.33. The largest absolute Gasteiger partial charge is 0.385 e. The lowest BCUT2D eigenvalue weighted by atomic mass is 9.89. The fraction of sp³-hybridized carbons (Fsp3) is 0.500. The Hall–Kier alpha value is -0.470. The first-order valence-electron chi connectivity index (χ1n) is 5.14.